The molecule has 1 atom stereocenters. The van der Waals surface area contributed by atoms with Crippen LogP contribution in [0.15, 0.2) is 112 Å². The van der Waals surface area contributed by atoms with Crippen molar-refractivity contribution < 1.29 is 18.0 Å². The lowest BCUT2D eigenvalue weighted by atomic mass is 10.0. The van der Waals surface area contributed by atoms with E-state index in [-0.39, 0.29) is 35.4 Å². The second-order valence-corrected chi connectivity index (χ2v) is 14.4. The standard InChI is InChI=1S/C35H37BrClN3O4S/c1-25(2)22-38-35(42)33(21-27-12-6-4-7-13-27)39(23-28-14-10-15-29(36)20-28)34(41)24-40(32-19-11-18-31(37)26(32)3)45(43,44)30-16-8-5-9-17-30/h4-20,25,33H,21-24H2,1-3H3,(H,38,42). The summed E-state index contributed by atoms with van der Waals surface area (Å²) >= 11 is 9.95. The Morgan fingerprint density at radius 3 is 2.13 bits per heavy atom. The zero-order valence-corrected chi connectivity index (χ0v) is 28.6. The van der Waals surface area contributed by atoms with E-state index in [1.807, 2.05) is 68.4 Å². The highest BCUT2D eigenvalue weighted by Crippen LogP contribution is 2.31. The molecule has 1 unspecified atom stereocenters. The molecule has 0 heterocycles. The summed E-state index contributed by atoms with van der Waals surface area (Å²) in [5.41, 5.74) is 2.45. The Kier molecular flexibility index (Phi) is 11.8. The van der Waals surface area contributed by atoms with Crippen LogP contribution in [0, 0.1) is 12.8 Å². The Hall–Kier alpha value is -3.66. The predicted molar refractivity (Wildman–Crippen MR) is 184 cm³/mol. The summed E-state index contributed by atoms with van der Waals surface area (Å²) in [4.78, 5) is 29.9. The minimum atomic E-state index is -4.21. The summed E-state index contributed by atoms with van der Waals surface area (Å²) in [6.45, 7) is 5.67. The van der Waals surface area contributed by atoms with Crippen LogP contribution in [0.5, 0.6) is 0 Å². The lowest BCUT2D eigenvalue weighted by molar-refractivity contribution is -0.140. The van der Waals surface area contributed by atoms with E-state index in [1.54, 1.807) is 43.3 Å². The Morgan fingerprint density at radius 1 is 0.867 bits per heavy atom. The lowest BCUT2D eigenvalue weighted by Crippen LogP contribution is -2.53. The summed E-state index contributed by atoms with van der Waals surface area (Å²) in [6, 6.07) is 29.0. The first kappa shape index (κ1) is 34.2. The minimum absolute atomic E-state index is 0.0335. The normalized spacial score (nSPS) is 12.0. The SMILES string of the molecule is Cc1c(Cl)cccc1N(CC(=O)N(Cc1cccc(Br)c1)C(Cc1ccccc1)C(=O)NCC(C)C)S(=O)(=O)c1ccccc1. The van der Waals surface area contributed by atoms with Gasteiger partial charge in [0.15, 0.2) is 0 Å². The van der Waals surface area contributed by atoms with Gasteiger partial charge in [-0.1, -0.05) is 108 Å². The first-order valence-corrected chi connectivity index (χ1v) is 17.3. The van der Waals surface area contributed by atoms with Gasteiger partial charge in [0.2, 0.25) is 11.8 Å². The topological polar surface area (TPSA) is 86.8 Å². The molecule has 0 fully saturated rings. The number of hydrogen-bond acceptors (Lipinski definition) is 4. The fourth-order valence-electron chi connectivity index (χ4n) is 4.91. The van der Waals surface area contributed by atoms with Crippen molar-refractivity contribution in [2.75, 3.05) is 17.4 Å². The maximum atomic E-state index is 14.6. The number of carbonyl (C=O) groups is 2. The van der Waals surface area contributed by atoms with Crippen molar-refractivity contribution in [1.82, 2.24) is 10.2 Å². The van der Waals surface area contributed by atoms with E-state index >= 15 is 0 Å². The van der Waals surface area contributed by atoms with Crippen molar-refractivity contribution in [2.24, 2.45) is 5.92 Å². The van der Waals surface area contributed by atoms with Crippen LogP contribution in [0.25, 0.3) is 0 Å². The van der Waals surface area contributed by atoms with Crippen molar-refractivity contribution in [3.05, 3.63) is 129 Å². The van der Waals surface area contributed by atoms with Gasteiger partial charge in [-0.2, -0.15) is 0 Å². The third kappa shape index (κ3) is 8.96. The van der Waals surface area contributed by atoms with E-state index in [0.29, 0.717) is 17.1 Å². The molecule has 0 radical (unpaired) electrons. The molecule has 4 aromatic carbocycles. The number of amides is 2. The largest absolute Gasteiger partial charge is 0.354 e. The second kappa shape index (κ2) is 15.6. The van der Waals surface area contributed by atoms with Gasteiger partial charge in [-0.25, -0.2) is 8.42 Å². The molecule has 2 amide bonds. The summed E-state index contributed by atoms with van der Waals surface area (Å²) < 4.78 is 30.2. The maximum Gasteiger partial charge on any atom is 0.264 e. The maximum absolute atomic E-state index is 14.6. The van der Waals surface area contributed by atoms with Gasteiger partial charge >= 0.3 is 0 Å². The van der Waals surface area contributed by atoms with Crippen molar-refractivity contribution in [3.63, 3.8) is 0 Å². The Labute approximate surface area is 279 Å². The van der Waals surface area contributed by atoms with Crippen LogP contribution in [0.1, 0.15) is 30.5 Å². The van der Waals surface area contributed by atoms with Gasteiger partial charge < -0.3 is 10.2 Å². The molecule has 0 spiro atoms. The molecule has 0 aliphatic rings. The zero-order chi connectivity index (χ0) is 32.6. The number of anilines is 1. The average Bonchev–Trinajstić information content (AvgIpc) is 3.02. The molecule has 1 N–H and O–H groups in total. The number of rotatable bonds is 13. The highest BCUT2D eigenvalue weighted by molar-refractivity contribution is 9.10. The molecule has 0 aromatic heterocycles. The van der Waals surface area contributed by atoms with E-state index in [9.17, 15) is 18.0 Å². The van der Waals surface area contributed by atoms with Crippen LogP contribution in [-0.4, -0.2) is 44.3 Å². The van der Waals surface area contributed by atoms with Gasteiger partial charge in [0.05, 0.1) is 10.6 Å². The number of nitrogens with zero attached hydrogens (tertiary/aromatic N) is 2. The molecule has 0 aliphatic heterocycles. The molecule has 0 saturated carbocycles. The number of carbonyl (C=O) groups excluding carboxylic acids is 2. The van der Waals surface area contributed by atoms with Crippen LogP contribution in [0.2, 0.25) is 5.02 Å². The van der Waals surface area contributed by atoms with Crippen LogP contribution < -0.4 is 9.62 Å². The molecular formula is C35H37BrClN3O4S. The molecule has 10 heteroatoms. The zero-order valence-electron chi connectivity index (χ0n) is 25.5. The molecule has 236 valence electrons. The van der Waals surface area contributed by atoms with Crippen molar-refractivity contribution in [1.29, 1.82) is 0 Å². The molecule has 0 bridgehead atoms. The summed E-state index contributed by atoms with van der Waals surface area (Å²) in [5, 5.41) is 3.37. The van der Waals surface area contributed by atoms with Crippen molar-refractivity contribution in [3.8, 4) is 0 Å². The highest BCUT2D eigenvalue weighted by Gasteiger charge is 2.35. The Morgan fingerprint density at radius 2 is 1.49 bits per heavy atom. The molecular weight excluding hydrogens is 674 g/mol. The number of nitrogens with one attached hydrogen (secondary N) is 1. The molecule has 0 aliphatic carbocycles. The van der Waals surface area contributed by atoms with Gasteiger partial charge in [0.1, 0.15) is 12.6 Å². The fourth-order valence-corrected chi connectivity index (χ4v) is 7.02. The fraction of sp³-hybridized carbons (Fsp3) is 0.257. The monoisotopic (exact) mass is 709 g/mol. The molecule has 4 aromatic rings. The highest BCUT2D eigenvalue weighted by atomic mass is 79.9. The summed E-state index contributed by atoms with van der Waals surface area (Å²) in [5.74, 6) is -0.653. The first-order valence-electron chi connectivity index (χ1n) is 14.7. The number of benzene rings is 4. The predicted octanol–water partition coefficient (Wildman–Crippen LogP) is 7.02. The minimum Gasteiger partial charge on any atom is -0.354 e. The Bertz CT molecular complexity index is 1720. The van der Waals surface area contributed by atoms with Gasteiger partial charge in [-0.3, -0.25) is 13.9 Å². The van der Waals surface area contributed by atoms with Crippen LogP contribution >= 0.6 is 27.5 Å². The number of hydrogen-bond donors (Lipinski definition) is 1. The number of sulfonamides is 1. The molecule has 45 heavy (non-hydrogen) atoms. The van der Waals surface area contributed by atoms with Crippen LogP contribution in [0.3, 0.4) is 0 Å². The van der Waals surface area contributed by atoms with E-state index in [0.717, 1.165) is 19.9 Å². The third-order valence-corrected chi connectivity index (χ3v) is 9.99. The number of halogens is 2. The third-order valence-electron chi connectivity index (χ3n) is 7.32. The average molecular weight is 711 g/mol. The summed E-state index contributed by atoms with van der Waals surface area (Å²) in [6.07, 6.45) is 0.242. The van der Waals surface area contributed by atoms with Gasteiger partial charge in [0.25, 0.3) is 10.0 Å². The molecule has 4 rings (SSSR count). The van der Waals surface area contributed by atoms with Gasteiger partial charge in [-0.15, -0.1) is 0 Å². The van der Waals surface area contributed by atoms with E-state index in [2.05, 4.69) is 21.2 Å². The first-order chi connectivity index (χ1) is 21.5. The lowest BCUT2D eigenvalue weighted by Gasteiger charge is -2.34. The molecule has 7 nitrogen and oxygen atoms in total. The van der Waals surface area contributed by atoms with Gasteiger partial charge in [0, 0.05) is 29.0 Å². The smallest absolute Gasteiger partial charge is 0.264 e. The van der Waals surface area contributed by atoms with E-state index in [1.165, 1.54) is 17.0 Å². The van der Waals surface area contributed by atoms with Gasteiger partial charge in [-0.05, 0) is 65.9 Å². The second-order valence-electron chi connectivity index (χ2n) is 11.2. The quantitative estimate of drug-likeness (QED) is 0.162. The Balaban J connectivity index is 1.82. The van der Waals surface area contributed by atoms with Crippen molar-refractivity contribution in [2.45, 2.75) is 44.7 Å². The van der Waals surface area contributed by atoms with Crippen LogP contribution in [0.4, 0.5) is 5.69 Å². The van der Waals surface area contributed by atoms with E-state index in [4.69, 9.17) is 11.6 Å². The van der Waals surface area contributed by atoms with Crippen LogP contribution in [-0.2, 0) is 32.6 Å². The van der Waals surface area contributed by atoms with Crippen molar-refractivity contribution >= 4 is 55.1 Å². The molecule has 0 saturated heterocycles. The summed E-state index contributed by atoms with van der Waals surface area (Å²) in [7, 11) is -4.21. The van der Waals surface area contributed by atoms with E-state index < -0.39 is 28.5 Å².